The molecule has 1 saturated heterocycles. The molecular weight excluding hydrogens is 177 g/mol. The van der Waals surface area contributed by atoms with Gasteiger partial charge in [-0.05, 0) is 6.42 Å². The van der Waals surface area contributed by atoms with Crippen LogP contribution in [0.5, 0.6) is 0 Å². The smallest absolute Gasteiger partial charge is 0.323 e. The Balaban J connectivity index is 2.11. The number of ether oxygens (including phenoxy) is 1. The van der Waals surface area contributed by atoms with Crippen molar-refractivity contribution in [1.29, 1.82) is 0 Å². The van der Waals surface area contributed by atoms with Gasteiger partial charge in [0.2, 0.25) is 0 Å². The Bertz CT molecular complexity index is 235. The number of halogens is 1. The van der Waals surface area contributed by atoms with Crippen molar-refractivity contribution in [3.63, 3.8) is 0 Å². The quantitative estimate of drug-likeness (QED) is 0.531. The first-order chi connectivity index (χ1) is 6.15. The Morgan fingerprint density at radius 1 is 1.69 bits per heavy atom. The summed E-state index contributed by atoms with van der Waals surface area (Å²) in [6.07, 6.45) is -1.45. The van der Waals surface area contributed by atoms with Crippen LogP contribution in [0.1, 0.15) is 6.42 Å². The molecule has 0 radical (unpaired) electrons. The van der Waals surface area contributed by atoms with E-state index in [1.807, 2.05) is 0 Å². The molecule has 0 aromatic rings. The number of hydrogen-bond donors (Lipinski definition) is 2. The Morgan fingerprint density at radius 2 is 2.38 bits per heavy atom. The van der Waals surface area contributed by atoms with Gasteiger partial charge >= 0.3 is 5.97 Å². The summed E-state index contributed by atoms with van der Waals surface area (Å²) in [4.78, 5) is 11.1. The van der Waals surface area contributed by atoms with Gasteiger partial charge in [0.05, 0.1) is 19.3 Å². The number of methoxy groups -OCH3 is 1. The van der Waals surface area contributed by atoms with Gasteiger partial charge < -0.3 is 9.84 Å². The lowest BCUT2D eigenvalue weighted by Crippen LogP contribution is -2.48. The van der Waals surface area contributed by atoms with Crippen LogP contribution in [-0.2, 0) is 9.53 Å². The Morgan fingerprint density at radius 3 is 2.77 bits per heavy atom. The fraction of sp³-hybridized carbons (Fsp3) is 0.875. The molecular formula is C8H12FNO3. The lowest BCUT2D eigenvalue weighted by Gasteiger charge is -2.23. The van der Waals surface area contributed by atoms with Crippen LogP contribution in [-0.4, -0.2) is 42.5 Å². The van der Waals surface area contributed by atoms with Crippen molar-refractivity contribution in [2.75, 3.05) is 7.11 Å². The third-order valence-corrected chi connectivity index (χ3v) is 2.94. The van der Waals surface area contributed by atoms with Crippen molar-refractivity contribution < 1.29 is 19.0 Å². The molecule has 2 rings (SSSR count). The van der Waals surface area contributed by atoms with Crippen molar-refractivity contribution in [2.24, 2.45) is 5.92 Å². The molecule has 2 aliphatic rings. The molecule has 0 spiro atoms. The summed E-state index contributed by atoms with van der Waals surface area (Å²) in [5.74, 6) is -0.866. The molecule has 5 heteroatoms. The second kappa shape index (κ2) is 2.92. The van der Waals surface area contributed by atoms with Gasteiger partial charge in [-0.25, -0.2) is 4.39 Å². The number of alkyl halides is 1. The summed E-state index contributed by atoms with van der Waals surface area (Å²) in [6, 6.07) is -1.16. The largest absolute Gasteiger partial charge is 0.468 e. The van der Waals surface area contributed by atoms with E-state index in [2.05, 4.69) is 10.1 Å². The highest BCUT2D eigenvalue weighted by Gasteiger charge is 2.56. The zero-order chi connectivity index (χ0) is 9.59. The van der Waals surface area contributed by atoms with E-state index in [1.165, 1.54) is 7.11 Å². The summed E-state index contributed by atoms with van der Waals surface area (Å²) in [6.45, 7) is 0. The number of carbonyl (C=O) groups excluding carboxylic acids is 1. The summed E-state index contributed by atoms with van der Waals surface area (Å²) in [5, 5.41) is 12.0. The number of aliphatic hydroxyl groups excluding tert-OH is 1. The topological polar surface area (TPSA) is 58.6 Å². The van der Waals surface area contributed by atoms with E-state index in [0.29, 0.717) is 6.42 Å². The Kier molecular flexibility index (Phi) is 2.00. The number of esters is 1. The van der Waals surface area contributed by atoms with Crippen LogP contribution < -0.4 is 5.32 Å². The fourth-order valence-corrected chi connectivity index (χ4v) is 2.26. The van der Waals surface area contributed by atoms with E-state index in [-0.39, 0.29) is 0 Å². The Labute approximate surface area is 75.1 Å². The molecule has 1 aliphatic heterocycles. The van der Waals surface area contributed by atoms with Crippen LogP contribution in [0.25, 0.3) is 0 Å². The molecule has 13 heavy (non-hydrogen) atoms. The number of fused-ring (bicyclic) bond motifs is 2. The highest BCUT2D eigenvalue weighted by atomic mass is 19.1. The lowest BCUT2D eigenvalue weighted by molar-refractivity contribution is -0.144. The SMILES string of the molecule is COC(=O)[C@H]1N[C@@H]2[C@H](F)[C@H]1C[C@H]2O. The third-order valence-electron chi connectivity index (χ3n) is 2.94. The number of piperidine rings is 1. The molecule has 4 nitrogen and oxygen atoms in total. The maximum absolute atomic E-state index is 13.3. The van der Waals surface area contributed by atoms with Crippen LogP contribution in [0.3, 0.4) is 0 Å². The van der Waals surface area contributed by atoms with Crippen LogP contribution in [0.4, 0.5) is 4.39 Å². The summed E-state index contributed by atoms with van der Waals surface area (Å²) in [7, 11) is 1.28. The maximum Gasteiger partial charge on any atom is 0.323 e. The average Bonchev–Trinajstić information content (AvgIpc) is 2.57. The molecule has 0 unspecified atom stereocenters. The van der Waals surface area contributed by atoms with Crippen molar-refractivity contribution in [3.8, 4) is 0 Å². The predicted octanol–water partition coefficient (Wildman–Crippen LogP) is -0.781. The van der Waals surface area contributed by atoms with E-state index < -0.39 is 36.2 Å². The van der Waals surface area contributed by atoms with Crippen molar-refractivity contribution >= 4 is 5.97 Å². The normalized spacial score (nSPS) is 48.1. The molecule has 2 bridgehead atoms. The lowest BCUT2D eigenvalue weighted by atomic mass is 9.99. The van der Waals surface area contributed by atoms with Crippen LogP contribution in [0.2, 0.25) is 0 Å². The summed E-state index contributed by atoms with van der Waals surface area (Å²) in [5.41, 5.74) is 0. The number of aliphatic hydroxyl groups is 1. The van der Waals surface area contributed by atoms with Gasteiger partial charge in [0.15, 0.2) is 0 Å². The summed E-state index contributed by atoms with van der Waals surface area (Å²) < 4.78 is 17.9. The minimum atomic E-state index is -1.13. The zero-order valence-electron chi connectivity index (χ0n) is 7.24. The van der Waals surface area contributed by atoms with Gasteiger partial charge in [-0.15, -0.1) is 0 Å². The highest BCUT2D eigenvalue weighted by molar-refractivity contribution is 5.77. The minimum Gasteiger partial charge on any atom is -0.468 e. The number of rotatable bonds is 1. The van der Waals surface area contributed by atoms with E-state index in [4.69, 9.17) is 0 Å². The molecule has 74 valence electrons. The maximum atomic E-state index is 13.3. The van der Waals surface area contributed by atoms with Gasteiger partial charge in [-0.2, -0.15) is 0 Å². The monoisotopic (exact) mass is 189 g/mol. The average molecular weight is 189 g/mol. The number of nitrogens with one attached hydrogen (secondary N) is 1. The first-order valence-electron chi connectivity index (χ1n) is 4.31. The first kappa shape index (κ1) is 8.90. The van der Waals surface area contributed by atoms with Gasteiger partial charge in [0, 0.05) is 5.92 Å². The fourth-order valence-electron chi connectivity index (χ4n) is 2.26. The van der Waals surface area contributed by atoms with Crippen molar-refractivity contribution in [2.45, 2.75) is 30.8 Å². The molecule has 0 amide bonds. The first-order valence-corrected chi connectivity index (χ1v) is 4.31. The van der Waals surface area contributed by atoms with Crippen LogP contribution in [0, 0.1) is 5.92 Å². The van der Waals surface area contributed by atoms with Crippen molar-refractivity contribution in [3.05, 3.63) is 0 Å². The minimum absolute atomic E-state index is 0.346. The molecule has 1 heterocycles. The van der Waals surface area contributed by atoms with Gasteiger partial charge in [-0.3, -0.25) is 10.1 Å². The second-order valence-electron chi connectivity index (χ2n) is 3.60. The van der Waals surface area contributed by atoms with Gasteiger partial charge in [-0.1, -0.05) is 0 Å². The predicted molar refractivity (Wildman–Crippen MR) is 41.7 cm³/mol. The van der Waals surface area contributed by atoms with E-state index in [9.17, 15) is 14.3 Å². The molecule has 0 aromatic carbocycles. The molecule has 0 aromatic heterocycles. The van der Waals surface area contributed by atoms with Gasteiger partial charge in [0.25, 0.3) is 0 Å². The number of carbonyl (C=O) groups is 1. The van der Waals surface area contributed by atoms with Crippen molar-refractivity contribution in [1.82, 2.24) is 5.32 Å². The summed E-state index contributed by atoms with van der Waals surface area (Å²) >= 11 is 0. The Hall–Kier alpha value is -0.680. The molecule has 2 fully saturated rings. The van der Waals surface area contributed by atoms with E-state index in [1.54, 1.807) is 0 Å². The third kappa shape index (κ3) is 1.14. The molecule has 5 atom stereocenters. The molecule has 2 N–H and O–H groups in total. The number of hydrogen-bond acceptors (Lipinski definition) is 4. The molecule has 1 saturated carbocycles. The second-order valence-corrected chi connectivity index (χ2v) is 3.60. The standard InChI is InChI=1S/C8H12FNO3/c1-13-8(12)6-3-2-4(11)7(10-6)5(3)9/h3-7,10-11H,2H2,1H3/t3-,4-,5-,6+,7+/m1/s1. The van der Waals surface area contributed by atoms with Crippen LogP contribution >= 0.6 is 0 Å². The zero-order valence-corrected chi connectivity index (χ0v) is 7.24. The van der Waals surface area contributed by atoms with E-state index >= 15 is 0 Å². The van der Waals surface area contributed by atoms with Crippen LogP contribution in [0.15, 0.2) is 0 Å². The van der Waals surface area contributed by atoms with E-state index in [0.717, 1.165) is 0 Å². The van der Waals surface area contributed by atoms with Gasteiger partial charge in [0.1, 0.15) is 12.2 Å². The molecule has 1 aliphatic carbocycles. The highest BCUT2D eigenvalue weighted by Crippen LogP contribution is 2.38.